The first kappa shape index (κ1) is 9.22. The molecule has 1 saturated carbocycles. The smallest absolute Gasteiger partial charge is 0.121 e. The normalized spacial score (nSPS) is 37.7. The summed E-state index contributed by atoms with van der Waals surface area (Å²) in [5.41, 5.74) is 2.44. The summed E-state index contributed by atoms with van der Waals surface area (Å²) < 4.78 is 11.7. The predicted molar refractivity (Wildman–Crippen MR) is 58.4 cm³/mol. The minimum atomic E-state index is -0.135. The highest BCUT2D eigenvalue weighted by Gasteiger charge is 2.45. The number of rotatable bonds is 1. The molecule has 2 nitrogen and oxygen atoms in total. The van der Waals surface area contributed by atoms with Crippen LogP contribution in [0.15, 0.2) is 35.1 Å². The highest BCUT2D eigenvalue weighted by molar-refractivity contribution is 5.44. The SMILES string of the molecule is COC1=C2CCC[C@]23C=C[C@@H](O3)C(C)=C1. The first-order valence-electron chi connectivity index (χ1n) is 5.58. The van der Waals surface area contributed by atoms with E-state index in [1.807, 2.05) is 0 Å². The fraction of sp³-hybridized carbons (Fsp3) is 0.538. The molecule has 1 aliphatic carbocycles. The number of allylic oxidation sites excluding steroid dienone is 1. The molecule has 0 aromatic carbocycles. The van der Waals surface area contributed by atoms with Crippen molar-refractivity contribution in [1.82, 2.24) is 0 Å². The quantitative estimate of drug-likeness (QED) is 0.611. The molecule has 0 radical (unpaired) electrons. The van der Waals surface area contributed by atoms with Gasteiger partial charge in [0.25, 0.3) is 0 Å². The molecule has 0 N–H and O–H groups in total. The van der Waals surface area contributed by atoms with Gasteiger partial charge >= 0.3 is 0 Å². The number of hydrogen-bond donors (Lipinski definition) is 0. The van der Waals surface area contributed by atoms with Crippen LogP contribution in [0.25, 0.3) is 0 Å². The first-order valence-corrected chi connectivity index (χ1v) is 5.58. The van der Waals surface area contributed by atoms with Crippen LogP contribution in [-0.2, 0) is 9.47 Å². The number of fused-ring (bicyclic) bond motifs is 1. The zero-order chi connectivity index (χ0) is 10.5. The fourth-order valence-corrected chi connectivity index (χ4v) is 2.89. The van der Waals surface area contributed by atoms with E-state index in [1.54, 1.807) is 7.11 Å². The number of hydrogen-bond acceptors (Lipinski definition) is 2. The summed E-state index contributed by atoms with van der Waals surface area (Å²) in [6.45, 7) is 2.11. The van der Waals surface area contributed by atoms with Crippen molar-refractivity contribution in [3.8, 4) is 0 Å². The lowest BCUT2D eigenvalue weighted by Gasteiger charge is -2.25. The molecule has 15 heavy (non-hydrogen) atoms. The van der Waals surface area contributed by atoms with Crippen molar-refractivity contribution in [2.45, 2.75) is 37.9 Å². The van der Waals surface area contributed by atoms with Gasteiger partial charge in [0.15, 0.2) is 0 Å². The minimum absolute atomic E-state index is 0.135. The standard InChI is InChI=1S/C13H16O2/c1-9-8-12(14-2)10-4-3-6-13(10)7-5-11(9)15-13/h5,7-8,11H,3-4,6H2,1-2H3/t11-,13+/m1/s1. The minimum Gasteiger partial charge on any atom is -0.497 e. The molecule has 2 heteroatoms. The van der Waals surface area contributed by atoms with E-state index in [1.165, 1.54) is 17.6 Å². The molecule has 0 saturated heterocycles. The second kappa shape index (κ2) is 2.99. The Bertz CT molecular complexity index is 389. The first-order chi connectivity index (χ1) is 7.25. The van der Waals surface area contributed by atoms with Crippen LogP contribution in [0, 0.1) is 0 Å². The number of methoxy groups -OCH3 is 1. The van der Waals surface area contributed by atoms with E-state index in [9.17, 15) is 0 Å². The summed E-state index contributed by atoms with van der Waals surface area (Å²) in [7, 11) is 1.75. The van der Waals surface area contributed by atoms with Crippen LogP contribution in [0.4, 0.5) is 0 Å². The Morgan fingerprint density at radius 3 is 3.20 bits per heavy atom. The van der Waals surface area contributed by atoms with Crippen LogP contribution in [0.5, 0.6) is 0 Å². The van der Waals surface area contributed by atoms with E-state index in [0.717, 1.165) is 18.6 Å². The van der Waals surface area contributed by atoms with Gasteiger partial charge in [-0.1, -0.05) is 6.08 Å². The zero-order valence-corrected chi connectivity index (χ0v) is 9.25. The lowest BCUT2D eigenvalue weighted by molar-refractivity contribution is 0.0220. The highest BCUT2D eigenvalue weighted by Crippen LogP contribution is 2.48. The van der Waals surface area contributed by atoms with Crippen molar-refractivity contribution in [2.24, 2.45) is 0 Å². The summed E-state index contributed by atoms with van der Waals surface area (Å²) in [5.74, 6) is 1.02. The molecule has 0 amide bonds. The summed E-state index contributed by atoms with van der Waals surface area (Å²) >= 11 is 0. The lowest BCUT2D eigenvalue weighted by Crippen LogP contribution is -2.27. The van der Waals surface area contributed by atoms with Crippen LogP contribution >= 0.6 is 0 Å². The average Bonchev–Trinajstić information content (AvgIpc) is 2.81. The van der Waals surface area contributed by atoms with Gasteiger partial charge in [0.05, 0.1) is 13.2 Å². The molecule has 1 spiro atoms. The fourth-order valence-electron chi connectivity index (χ4n) is 2.89. The lowest BCUT2D eigenvalue weighted by atomic mass is 9.95. The van der Waals surface area contributed by atoms with Gasteiger partial charge in [-0.15, -0.1) is 0 Å². The third-order valence-corrected chi connectivity index (χ3v) is 3.69. The molecule has 3 aliphatic rings. The van der Waals surface area contributed by atoms with Crippen molar-refractivity contribution in [2.75, 3.05) is 7.11 Å². The van der Waals surface area contributed by atoms with Gasteiger partial charge in [-0.05, 0) is 43.9 Å². The van der Waals surface area contributed by atoms with Gasteiger partial charge in [0.1, 0.15) is 11.4 Å². The van der Waals surface area contributed by atoms with E-state index in [2.05, 4.69) is 25.2 Å². The van der Waals surface area contributed by atoms with Crippen LogP contribution < -0.4 is 0 Å². The number of ether oxygens (including phenoxy) is 2. The Hall–Kier alpha value is -1.02. The maximum Gasteiger partial charge on any atom is 0.121 e. The summed E-state index contributed by atoms with van der Waals surface area (Å²) in [4.78, 5) is 0. The molecule has 0 aromatic rings. The topological polar surface area (TPSA) is 18.5 Å². The molecule has 3 rings (SSSR count). The van der Waals surface area contributed by atoms with Gasteiger partial charge in [0, 0.05) is 5.57 Å². The Balaban J connectivity index is 2.17. The van der Waals surface area contributed by atoms with E-state index in [4.69, 9.17) is 9.47 Å². The molecule has 2 atom stereocenters. The van der Waals surface area contributed by atoms with Crippen molar-refractivity contribution in [3.63, 3.8) is 0 Å². The van der Waals surface area contributed by atoms with Gasteiger partial charge < -0.3 is 9.47 Å². The summed E-state index contributed by atoms with van der Waals surface area (Å²) in [5, 5.41) is 0. The van der Waals surface area contributed by atoms with Gasteiger partial charge in [-0.25, -0.2) is 0 Å². The molecule has 0 aromatic heterocycles. The highest BCUT2D eigenvalue weighted by atomic mass is 16.5. The van der Waals surface area contributed by atoms with E-state index in [0.29, 0.717) is 0 Å². The third kappa shape index (κ3) is 1.14. The van der Waals surface area contributed by atoms with Crippen molar-refractivity contribution >= 4 is 0 Å². The Morgan fingerprint density at radius 2 is 2.40 bits per heavy atom. The molecule has 2 bridgehead atoms. The van der Waals surface area contributed by atoms with E-state index < -0.39 is 0 Å². The Morgan fingerprint density at radius 1 is 1.53 bits per heavy atom. The largest absolute Gasteiger partial charge is 0.497 e. The molecule has 2 heterocycles. The van der Waals surface area contributed by atoms with E-state index in [-0.39, 0.29) is 11.7 Å². The van der Waals surface area contributed by atoms with Crippen LogP contribution in [0.2, 0.25) is 0 Å². The van der Waals surface area contributed by atoms with Crippen molar-refractivity contribution in [1.29, 1.82) is 0 Å². The molecular formula is C13H16O2. The second-order valence-corrected chi connectivity index (χ2v) is 4.58. The summed E-state index contributed by atoms with van der Waals surface area (Å²) in [6.07, 6.45) is 10.1. The maximum absolute atomic E-state index is 6.16. The van der Waals surface area contributed by atoms with Crippen molar-refractivity contribution in [3.05, 3.63) is 35.1 Å². The molecule has 80 valence electrons. The van der Waals surface area contributed by atoms with E-state index >= 15 is 0 Å². The Kier molecular flexibility index (Phi) is 1.84. The van der Waals surface area contributed by atoms with Crippen molar-refractivity contribution < 1.29 is 9.47 Å². The summed E-state index contributed by atoms with van der Waals surface area (Å²) in [6, 6.07) is 0. The molecular weight excluding hydrogens is 188 g/mol. The van der Waals surface area contributed by atoms with Crippen LogP contribution in [-0.4, -0.2) is 18.8 Å². The van der Waals surface area contributed by atoms with Gasteiger partial charge in [-0.3, -0.25) is 0 Å². The molecule has 0 unspecified atom stereocenters. The molecule has 2 aliphatic heterocycles. The maximum atomic E-state index is 6.16. The van der Waals surface area contributed by atoms with Crippen LogP contribution in [0.3, 0.4) is 0 Å². The molecule has 1 fully saturated rings. The average molecular weight is 204 g/mol. The van der Waals surface area contributed by atoms with Gasteiger partial charge in [0.2, 0.25) is 0 Å². The Labute approximate surface area is 90.3 Å². The predicted octanol–water partition coefficient (Wildman–Crippen LogP) is 2.72. The van der Waals surface area contributed by atoms with Crippen LogP contribution in [0.1, 0.15) is 26.2 Å². The van der Waals surface area contributed by atoms with Gasteiger partial charge in [-0.2, -0.15) is 0 Å². The zero-order valence-electron chi connectivity index (χ0n) is 9.25. The second-order valence-electron chi connectivity index (χ2n) is 4.58. The third-order valence-electron chi connectivity index (χ3n) is 3.69. The monoisotopic (exact) mass is 204 g/mol.